The van der Waals surface area contributed by atoms with Crippen LogP contribution in [0.2, 0.25) is 10.0 Å². The lowest BCUT2D eigenvalue weighted by molar-refractivity contribution is -0.113. The van der Waals surface area contributed by atoms with Crippen molar-refractivity contribution in [2.75, 3.05) is 11.1 Å². The highest BCUT2D eigenvalue weighted by molar-refractivity contribution is 7.99. The Balaban J connectivity index is 1.62. The molecule has 1 aromatic heterocycles. The van der Waals surface area contributed by atoms with Gasteiger partial charge in [0, 0.05) is 22.8 Å². The van der Waals surface area contributed by atoms with Gasteiger partial charge in [-0.1, -0.05) is 41.0 Å². The molecule has 1 amide bonds. The summed E-state index contributed by atoms with van der Waals surface area (Å²) >= 11 is 13.3. The van der Waals surface area contributed by atoms with Crippen LogP contribution in [0.1, 0.15) is 30.0 Å². The summed E-state index contributed by atoms with van der Waals surface area (Å²) in [6.07, 6.45) is -0.320. The van der Waals surface area contributed by atoms with E-state index in [1.165, 1.54) is 11.8 Å². The zero-order valence-corrected chi connectivity index (χ0v) is 19.4. The van der Waals surface area contributed by atoms with E-state index < -0.39 is 0 Å². The molecule has 0 saturated heterocycles. The number of amides is 1. The molecule has 6 nitrogen and oxygen atoms in total. The van der Waals surface area contributed by atoms with E-state index in [4.69, 9.17) is 27.9 Å². The van der Waals surface area contributed by atoms with Crippen LogP contribution in [-0.2, 0) is 11.8 Å². The monoisotopic (exact) mass is 464 g/mol. The molecule has 1 heterocycles. The third-order valence-corrected chi connectivity index (χ3v) is 5.97. The van der Waals surface area contributed by atoms with E-state index in [0.29, 0.717) is 26.7 Å². The lowest BCUT2D eigenvalue weighted by atomic mass is 10.2. The van der Waals surface area contributed by atoms with Gasteiger partial charge in [0.15, 0.2) is 17.1 Å². The number of hydrogen-bond acceptors (Lipinski definition) is 5. The van der Waals surface area contributed by atoms with Gasteiger partial charge in [0.25, 0.3) is 0 Å². The van der Waals surface area contributed by atoms with Crippen LogP contribution in [0.4, 0.5) is 5.69 Å². The smallest absolute Gasteiger partial charge is 0.234 e. The van der Waals surface area contributed by atoms with Gasteiger partial charge < -0.3 is 14.6 Å². The number of hydrogen-bond donors (Lipinski definition) is 1. The molecule has 3 aromatic rings. The first-order valence-electron chi connectivity index (χ1n) is 9.25. The highest BCUT2D eigenvalue weighted by atomic mass is 35.5. The SMILES string of the molecule is Cc1ccc(Cl)cc1NC(=O)CSc1nnc(C(C)Oc2ccc(Cl)cc2C)n1C. The maximum absolute atomic E-state index is 12.3. The van der Waals surface area contributed by atoms with Crippen molar-refractivity contribution in [3.05, 3.63) is 63.4 Å². The van der Waals surface area contributed by atoms with Crippen molar-refractivity contribution < 1.29 is 9.53 Å². The van der Waals surface area contributed by atoms with Gasteiger partial charge in [0.2, 0.25) is 5.91 Å². The minimum absolute atomic E-state index is 0.143. The first-order chi connectivity index (χ1) is 14.2. The fourth-order valence-electron chi connectivity index (χ4n) is 2.84. The van der Waals surface area contributed by atoms with E-state index in [1.54, 1.807) is 18.2 Å². The molecule has 1 unspecified atom stereocenters. The molecule has 2 aromatic carbocycles. The molecule has 158 valence electrons. The van der Waals surface area contributed by atoms with Crippen LogP contribution in [-0.4, -0.2) is 26.4 Å². The van der Waals surface area contributed by atoms with Crippen molar-refractivity contribution in [1.82, 2.24) is 14.8 Å². The molecular formula is C21H22Cl2N4O2S. The van der Waals surface area contributed by atoms with Crippen molar-refractivity contribution in [2.24, 2.45) is 7.05 Å². The van der Waals surface area contributed by atoms with E-state index in [-0.39, 0.29) is 17.8 Å². The average Bonchev–Trinajstić information content (AvgIpc) is 3.06. The number of benzene rings is 2. The van der Waals surface area contributed by atoms with Gasteiger partial charge in [-0.05, 0) is 62.2 Å². The molecule has 30 heavy (non-hydrogen) atoms. The van der Waals surface area contributed by atoms with E-state index in [0.717, 1.165) is 16.9 Å². The van der Waals surface area contributed by atoms with Crippen LogP contribution >= 0.6 is 35.0 Å². The molecule has 3 rings (SSSR count). The zero-order valence-electron chi connectivity index (χ0n) is 17.1. The number of aryl methyl sites for hydroxylation is 2. The number of rotatable bonds is 7. The molecule has 1 atom stereocenters. The topological polar surface area (TPSA) is 69.0 Å². The predicted molar refractivity (Wildman–Crippen MR) is 122 cm³/mol. The third kappa shape index (κ3) is 5.47. The van der Waals surface area contributed by atoms with Crippen molar-refractivity contribution in [2.45, 2.75) is 32.0 Å². The Morgan fingerprint density at radius 2 is 1.83 bits per heavy atom. The molecule has 0 bridgehead atoms. The lowest BCUT2D eigenvalue weighted by Gasteiger charge is -2.16. The molecule has 0 fully saturated rings. The quantitative estimate of drug-likeness (QED) is 0.460. The van der Waals surface area contributed by atoms with Crippen LogP contribution in [0, 0.1) is 13.8 Å². The highest BCUT2D eigenvalue weighted by Crippen LogP contribution is 2.28. The fraction of sp³-hybridized carbons (Fsp3) is 0.286. The molecule has 0 spiro atoms. The van der Waals surface area contributed by atoms with Crippen molar-refractivity contribution in [3.63, 3.8) is 0 Å². The van der Waals surface area contributed by atoms with E-state index >= 15 is 0 Å². The Labute approximate surface area is 189 Å². The minimum atomic E-state index is -0.320. The van der Waals surface area contributed by atoms with Gasteiger partial charge in [-0.15, -0.1) is 10.2 Å². The second kappa shape index (κ2) is 9.73. The van der Waals surface area contributed by atoms with Gasteiger partial charge >= 0.3 is 0 Å². The number of halogens is 2. The Kier molecular flexibility index (Phi) is 7.28. The average molecular weight is 465 g/mol. The maximum Gasteiger partial charge on any atom is 0.234 e. The molecule has 1 N–H and O–H groups in total. The molecule has 0 aliphatic rings. The van der Waals surface area contributed by atoms with E-state index in [9.17, 15) is 4.79 Å². The summed E-state index contributed by atoms with van der Waals surface area (Å²) in [6, 6.07) is 10.9. The first kappa shape index (κ1) is 22.5. The summed E-state index contributed by atoms with van der Waals surface area (Å²) < 4.78 is 7.86. The largest absolute Gasteiger partial charge is 0.482 e. The number of anilines is 1. The number of nitrogens with one attached hydrogen (secondary N) is 1. The third-order valence-electron chi connectivity index (χ3n) is 4.48. The molecule has 0 radical (unpaired) electrons. The molecule has 0 aliphatic heterocycles. The molecular weight excluding hydrogens is 443 g/mol. The van der Waals surface area contributed by atoms with Gasteiger partial charge in [-0.2, -0.15) is 0 Å². The Morgan fingerprint density at radius 1 is 1.13 bits per heavy atom. The van der Waals surface area contributed by atoms with Crippen LogP contribution in [0.15, 0.2) is 41.6 Å². The molecule has 0 aliphatic carbocycles. The normalized spacial score (nSPS) is 11.9. The Morgan fingerprint density at radius 3 is 2.57 bits per heavy atom. The standard InChI is InChI=1S/C21H22Cl2N4O2S/c1-12-5-6-16(23)10-17(12)24-19(28)11-30-21-26-25-20(27(21)4)14(3)29-18-8-7-15(22)9-13(18)2/h5-10,14H,11H2,1-4H3,(H,24,28). The summed E-state index contributed by atoms with van der Waals surface area (Å²) in [4.78, 5) is 12.3. The van der Waals surface area contributed by atoms with Gasteiger partial charge in [0.1, 0.15) is 5.75 Å². The number of aromatic nitrogens is 3. The number of carbonyl (C=O) groups excluding carboxylic acids is 1. The minimum Gasteiger partial charge on any atom is -0.482 e. The van der Waals surface area contributed by atoms with Gasteiger partial charge in [-0.25, -0.2) is 0 Å². The summed E-state index contributed by atoms with van der Waals surface area (Å²) in [5.41, 5.74) is 2.59. The maximum atomic E-state index is 12.3. The van der Waals surface area contributed by atoms with Crippen LogP contribution < -0.4 is 10.1 Å². The lowest BCUT2D eigenvalue weighted by Crippen LogP contribution is -2.15. The Hall–Kier alpha value is -2.22. The van der Waals surface area contributed by atoms with E-state index in [1.807, 2.05) is 50.6 Å². The highest BCUT2D eigenvalue weighted by Gasteiger charge is 2.19. The van der Waals surface area contributed by atoms with Crippen molar-refractivity contribution in [1.29, 1.82) is 0 Å². The zero-order chi connectivity index (χ0) is 21.8. The van der Waals surface area contributed by atoms with Crippen LogP contribution in [0.5, 0.6) is 5.75 Å². The first-order valence-corrected chi connectivity index (χ1v) is 11.0. The summed E-state index contributed by atoms with van der Waals surface area (Å²) in [6.45, 7) is 5.76. The Bertz CT molecular complexity index is 1070. The predicted octanol–water partition coefficient (Wildman–Crippen LogP) is 5.61. The number of nitrogens with zero attached hydrogens (tertiary/aromatic N) is 3. The summed E-state index contributed by atoms with van der Waals surface area (Å²) in [7, 11) is 1.85. The molecule has 9 heteroatoms. The van der Waals surface area contributed by atoms with Crippen molar-refractivity contribution in [3.8, 4) is 5.75 Å². The van der Waals surface area contributed by atoms with Crippen molar-refractivity contribution >= 4 is 46.6 Å². The summed E-state index contributed by atoms with van der Waals surface area (Å²) in [5.74, 6) is 1.46. The van der Waals surface area contributed by atoms with Crippen LogP contribution in [0.3, 0.4) is 0 Å². The fourth-order valence-corrected chi connectivity index (χ4v) is 3.96. The van der Waals surface area contributed by atoms with E-state index in [2.05, 4.69) is 15.5 Å². The number of carbonyl (C=O) groups is 1. The second-order valence-corrected chi connectivity index (χ2v) is 8.68. The second-order valence-electron chi connectivity index (χ2n) is 6.87. The number of ether oxygens (including phenoxy) is 1. The summed E-state index contributed by atoms with van der Waals surface area (Å²) in [5, 5.41) is 13.2. The van der Waals surface area contributed by atoms with Gasteiger partial charge in [0.05, 0.1) is 5.75 Å². The van der Waals surface area contributed by atoms with Gasteiger partial charge in [-0.3, -0.25) is 4.79 Å². The van der Waals surface area contributed by atoms with Crippen LogP contribution in [0.25, 0.3) is 0 Å². The number of thioether (sulfide) groups is 1. The molecule has 0 saturated carbocycles.